The van der Waals surface area contributed by atoms with Crippen LogP contribution in [0, 0.1) is 11.3 Å². The first kappa shape index (κ1) is 12.5. The van der Waals surface area contributed by atoms with Gasteiger partial charge in [0.25, 0.3) is 5.91 Å². The Morgan fingerprint density at radius 1 is 1.69 bits per heavy atom. The van der Waals surface area contributed by atoms with E-state index in [9.17, 15) is 4.79 Å². The summed E-state index contributed by atoms with van der Waals surface area (Å²) in [5.74, 6) is 0.254. The molecule has 1 rings (SSSR count). The van der Waals surface area contributed by atoms with E-state index in [1.807, 2.05) is 13.0 Å². The van der Waals surface area contributed by atoms with E-state index >= 15 is 0 Å². The van der Waals surface area contributed by atoms with E-state index in [0.717, 1.165) is 0 Å². The summed E-state index contributed by atoms with van der Waals surface area (Å²) < 4.78 is 0. The molecule has 1 heterocycles. The molecule has 0 saturated carbocycles. The molecule has 0 aliphatic rings. The summed E-state index contributed by atoms with van der Waals surface area (Å²) in [4.78, 5) is 15.5. The first-order chi connectivity index (χ1) is 7.67. The number of halogens is 1. The van der Waals surface area contributed by atoms with Gasteiger partial charge in [0.15, 0.2) is 0 Å². The van der Waals surface area contributed by atoms with E-state index in [1.165, 1.54) is 12.3 Å². The van der Waals surface area contributed by atoms with Gasteiger partial charge in [0.2, 0.25) is 0 Å². The molecular formula is C11H12ClN3O. The van der Waals surface area contributed by atoms with Crippen molar-refractivity contribution in [1.29, 1.82) is 5.26 Å². The Morgan fingerprint density at radius 3 is 2.94 bits per heavy atom. The molecule has 0 saturated heterocycles. The van der Waals surface area contributed by atoms with E-state index in [1.54, 1.807) is 6.07 Å². The van der Waals surface area contributed by atoms with Crippen LogP contribution in [-0.2, 0) is 0 Å². The van der Waals surface area contributed by atoms with Gasteiger partial charge in [-0.3, -0.25) is 4.79 Å². The number of pyridine rings is 1. The Labute approximate surface area is 99.2 Å². The predicted octanol–water partition coefficient (Wildman–Crippen LogP) is 1.70. The van der Waals surface area contributed by atoms with Gasteiger partial charge in [-0.1, -0.05) is 0 Å². The summed E-state index contributed by atoms with van der Waals surface area (Å²) in [7, 11) is 0. The van der Waals surface area contributed by atoms with Gasteiger partial charge in [0.1, 0.15) is 11.8 Å². The van der Waals surface area contributed by atoms with E-state index in [0.29, 0.717) is 23.6 Å². The number of nitrogens with one attached hydrogen (secondary N) is 1. The third-order valence-corrected chi connectivity index (χ3v) is 2.26. The average molecular weight is 238 g/mol. The number of alkyl halides is 1. The van der Waals surface area contributed by atoms with Crippen molar-refractivity contribution in [3.8, 4) is 6.07 Å². The molecule has 0 aromatic carbocycles. The van der Waals surface area contributed by atoms with E-state index < -0.39 is 0 Å². The van der Waals surface area contributed by atoms with E-state index in [-0.39, 0.29) is 11.9 Å². The molecule has 16 heavy (non-hydrogen) atoms. The first-order valence-electron chi connectivity index (χ1n) is 4.90. The monoisotopic (exact) mass is 237 g/mol. The Morgan fingerprint density at radius 2 is 2.44 bits per heavy atom. The lowest BCUT2D eigenvalue weighted by molar-refractivity contribution is 0.0934. The molecule has 4 nitrogen and oxygen atoms in total. The minimum Gasteiger partial charge on any atom is -0.348 e. The normalized spacial score (nSPS) is 11.6. The molecule has 1 aromatic rings. The first-order valence-corrected chi connectivity index (χ1v) is 5.43. The number of hydrogen-bond donors (Lipinski definition) is 1. The molecule has 0 fully saturated rings. The van der Waals surface area contributed by atoms with Crippen LogP contribution in [0.15, 0.2) is 18.3 Å². The number of carbonyl (C=O) groups is 1. The Bertz CT molecular complexity index is 397. The summed E-state index contributed by atoms with van der Waals surface area (Å²) in [5, 5.41) is 11.3. The van der Waals surface area contributed by atoms with Crippen LogP contribution in [0.25, 0.3) is 0 Å². The maximum Gasteiger partial charge on any atom is 0.270 e. The van der Waals surface area contributed by atoms with Crippen LogP contribution in [0.2, 0.25) is 0 Å². The average Bonchev–Trinajstić information content (AvgIpc) is 2.29. The lowest BCUT2D eigenvalue weighted by atomic mass is 10.2. The van der Waals surface area contributed by atoms with Crippen molar-refractivity contribution in [2.75, 3.05) is 5.88 Å². The third kappa shape index (κ3) is 3.52. The molecule has 0 spiro atoms. The van der Waals surface area contributed by atoms with Crippen LogP contribution in [0.3, 0.4) is 0 Å². The van der Waals surface area contributed by atoms with Gasteiger partial charge in [-0.25, -0.2) is 4.98 Å². The number of amides is 1. The zero-order valence-electron chi connectivity index (χ0n) is 8.90. The Kier molecular flexibility index (Phi) is 4.74. The maximum atomic E-state index is 11.6. The fourth-order valence-corrected chi connectivity index (χ4v) is 1.46. The van der Waals surface area contributed by atoms with Crippen molar-refractivity contribution < 1.29 is 4.79 Å². The zero-order chi connectivity index (χ0) is 12.0. The number of carbonyl (C=O) groups excluding carboxylic acids is 1. The van der Waals surface area contributed by atoms with Gasteiger partial charge >= 0.3 is 0 Å². The molecule has 0 radical (unpaired) electrons. The quantitative estimate of drug-likeness (QED) is 0.811. The summed E-state index contributed by atoms with van der Waals surface area (Å²) >= 11 is 5.56. The molecule has 0 aliphatic heterocycles. The second-order valence-corrected chi connectivity index (χ2v) is 3.77. The topological polar surface area (TPSA) is 65.8 Å². The SMILES string of the molecule is CC(CCCl)NC(=O)c1ccc(C#N)cn1. The van der Waals surface area contributed by atoms with Crippen molar-refractivity contribution >= 4 is 17.5 Å². The Balaban J connectivity index is 2.63. The van der Waals surface area contributed by atoms with Gasteiger partial charge in [-0.15, -0.1) is 11.6 Å². The third-order valence-electron chi connectivity index (χ3n) is 2.04. The Hall–Kier alpha value is -1.60. The lowest BCUT2D eigenvalue weighted by Crippen LogP contribution is -2.33. The summed E-state index contributed by atoms with van der Waals surface area (Å²) in [6.45, 7) is 1.88. The van der Waals surface area contributed by atoms with E-state index in [4.69, 9.17) is 16.9 Å². The summed E-state index contributed by atoms with van der Waals surface area (Å²) in [6, 6.07) is 5.05. The number of nitriles is 1. The van der Waals surface area contributed by atoms with E-state index in [2.05, 4.69) is 10.3 Å². The van der Waals surface area contributed by atoms with Crippen molar-refractivity contribution in [2.45, 2.75) is 19.4 Å². The van der Waals surface area contributed by atoms with Gasteiger partial charge in [-0.05, 0) is 25.5 Å². The van der Waals surface area contributed by atoms with Crippen molar-refractivity contribution in [1.82, 2.24) is 10.3 Å². The fourth-order valence-electron chi connectivity index (χ4n) is 1.13. The fraction of sp³-hybridized carbons (Fsp3) is 0.364. The van der Waals surface area contributed by atoms with Gasteiger partial charge in [0.05, 0.1) is 5.56 Å². The maximum absolute atomic E-state index is 11.6. The highest BCUT2D eigenvalue weighted by Crippen LogP contribution is 2.00. The molecular weight excluding hydrogens is 226 g/mol. The van der Waals surface area contributed by atoms with Gasteiger partial charge in [-0.2, -0.15) is 5.26 Å². The standard InChI is InChI=1S/C11H12ClN3O/c1-8(4-5-12)15-11(16)10-3-2-9(6-13)7-14-10/h2-3,7-8H,4-5H2,1H3,(H,15,16). The number of hydrogen-bond acceptors (Lipinski definition) is 3. The van der Waals surface area contributed by atoms with Crippen molar-refractivity contribution in [2.24, 2.45) is 0 Å². The molecule has 84 valence electrons. The number of nitrogens with zero attached hydrogens (tertiary/aromatic N) is 2. The molecule has 1 N–H and O–H groups in total. The van der Waals surface area contributed by atoms with Gasteiger partial charge < -0.3 is 5.32 Å². The van der Waals surface area contributed by atoms with Crippen molar-refractivity contribution in [3.63, 3.8) is 0 Å². The smallest absolute Gasteiger partial charge is 0.270 e. The highest BCUT2D eigenvalue weighted by Gasteiger charge is 2.10. The molecule has 0 bridgehead atoms. The lowest BCUT2D eigenvalue weighted by Gasteiger charge is -2.11. The van der Waals surface area contributed by atoms with Crippen LogP contribution < -0.4 is 5.32 Å². The predicted molar refractivity (Wildman–Crippen MR) is 61.2 cm³/mol. The largest absolute Gasteiger partial charge is 0.348 e. The van der Waals surface area contributed by atoms with Crippen LogP contribution in [0.1, 0.15) is 29.4 Å². The zero-order valence-corrected chi connectivity index (χ0v) is 9.66. The molecule has 5 heteroatoms. The molecule has 1 unspecified atom stereocenters. The number of rotatable bonds is 4. The van der Waals surface area contributed by atoms with Crippen LogP contribution >= 0.6 is 11.6 Å². The molecule has 0 aliphatic carbocycles. The van der Waals surface area contributed by atoms with Crippen molar-refractivity contribution in [3.05, 3.63) is 29.6 Å². The summed E-state index contributed by atoms with van der Waals surface area (Å²) in [5.41, 5.74) is 0.741. The highest BCUT2D eigenvalue weighted by molar-refractivity contribution is 6.17. The van der Waals surface area contributed by atoms with Crippen LogP contribution in [0.5, 0.6) is 0 Å². The van der Waals surface area contributed by atoms with Crippen LogP contribution in [-0.4, -0.2) is 22.8 Å². The minimum atomic E-state index is -0.248. The minimum absolute atomic E-state index is 0.0162. The highest BCUT2D eigenvalue weighted by atomic mass is 35.5. The van der Waals surface area contributed by atoms with Crippen LogP contribution in [0.4, 0.5) is 0 Å². The molecule has 1 aromatic heterocycles. The summed E-state index contributed by atoms with van der Waals surface area (Å²) in [6.07, 6.45) is 2.09. The second kappa shape index (κ2) is 6.09. The second-order valence-electron chi connectivity index (χ2n) is 3.40. The van der Waals surface area contributed by atoms with Gasteiger partial charge in [0, 0.05) is 18.1 Å². The molecule has 1 amide bonds. The molecule has 1 atom stereocenters. The number of aromatic nitrogens is 1.